The highest BCUT2D eigenvalue weighted by molar-refractivity contribution is 7.89. The van der Waals surface area contributed by atoms with Gasteiger partial charge in [-0.15, -0.1) is 0 Å². The Morgan fingerprint density at radius 3 is 2.39 bits per heavy atom. The van der Waals surface area contributed by atoms with Gasteiger partial charge in [0.2, 0.25) is 10.0 Å². The molecule has 0 saturated carbocycles. The number of piperazine rings is 1. The maximum absolute atomic E-state index is 12.9. The topological polar surface area (TPSA) is 84.2 Å². The van der Waals surface area contributed by atoms with Crippen LogP contribution in [0.5, 0.6) is 0 Å². The molecule has 3 heterocycles. The zero-order chi connectivity index (χ0) is 19.7. The maximum atomic E-state index is 12.9. The summed E-state index contributed by atoms with van der Waals surface area (Å²) in [5.41, 5.74) is 0.901. The van der Waals surface area contributed by atoms with Crippen molar-refractivity contribution in [3.63, 3.8) is 0 Å². The van der Waals surface area contributed by atoms with Gasteiger partial charge in [0.05, 0.1) is 10.7 Å². The molecule has 3 aromatic rings. The second-order valence-corrected chi connectivity index (χ2v) is 8.77. The fourth-order valence-corrected chi connectivity index (χ4v) is 5.04. The van der Waals surface area contributed by atoms with E-state index in [2.05, 4.69) is 15.1 Å². The molecule has 1 saturated heterocycles. The fourth-order valence-electron chi connectivity index (χ4n) is 3.13. The van der Waals surface area contributed by atoms with Crippen LogP contribution in [0.1, 0.15) is 5.69 Å². The Morgan fingerprint density at radius 1 is 1.00 bits per heavy atom. The number of aromatic nitrogens is 4. The summed E-state index contributed by atoms with van der Waals surface area (Å²) < 4.78 is 28.9. The van der Waals surface area contributed by atoms with Gasteiger partial charge in [-0.2, -0.15) is 9.40 Å². The zero-order valence-corrected chi connectivity index (χ0v) is 16.8. The molecule has 1 aliphatic heterocycles. The van der Waals surface area contributed by atoms with Gasteiger partial charge in [0.25, 0.3) is 0 Å². The number of rotatable bonds is 4. The molecule has 1 aliphatic rings. The Kier molecular flexibility index (Phi) is 5.05. The lowest BCUT2D eigenvalue weighted by molar-refractivity contribution is 0.383. The van der Waals surface area contributed by atoms with E-state index >= 15 is 0 Å². The Morgan fingerprint density at radius 2 is 1.71 bits per heavy atom. The minimum Gasteiger partial charge on any atom is -0.354 e. The Labute approximate surface area is 168 Å². The summed E-state index contributed by atoms with van der Waals surface area (Å²) in [6.45, 7) is 3.68. The molecule has 146 valence electrons. The first-order valence-corrected chi connectivity index (χ1v) is 10.6. The summed E-state index contributed by atoms with van der Waals surface area (Å²) in [4.78, 5) is 10.8. The Balaban J connectivity index is 1.50. The first-order valence-electron chi connectivity index (χ1n) is 8.79. The van der Waals surface area contributed by atoms with Crippen LogP contribution in [0.3, 0.4) is 0 Å². The summed E-state index contributed by atoms with van der Waals surface area (Å²) in [5, 5.41) is 4.60. The first-order chi connectivity index (χ1) is 13.4. The lowest BCUT2D eigenvalue weighted by atomic mass is 10.3. The number of hydrogen-bond donors (Lipinski definition) is 0. The maximum Gasteiger partial charge on any atom is 0.244 e. The van der Waals surface area contributed by atoms with E-state index < -0.39 is 10.0 Å². The van der Waals surface area contributed by atoms with Gasteiger partial charge >= 0.3 is 0 Å². The summed E-state index contributed by atoms with van der Waals surface area (Å²) in [7, 11) is -3.62. The largest absolute Gasteiger partial charge is 0.354 e. The standard InChI is InChI=1S/C18H19ClN6O2S/c1-14-6-7-25(22-14)18-12-17(20-13-21-18)23-8-10-24(11-9-23)28(26,27)16-5-3-2-4-15(16)19/h2-7,12-13H,8-11H2,1H3. The Hall–Kier alpha value is -2.49. The van der Waals surface area contributed by atoms with E-state index in [-0.39, 0.29) is 9.92 Å². The lowest BCUT2D eigenvalue weighted by Gasteiger charge is -2.34. The molecule has 1 fully saturated rings. The van der Waals surface area contributed by atoms with Crippen LogP contribution in [0.4, 0.5) is 5.82 Å². The summed E-state index contributed by atoms with van der Waals surface area (Å²) in [5.74, 6) is 1.41. The predicted octanol–water partition coefficient (Wildman–Crippen LogP) is 2.14. The van der Waals surface area contributed by atoms with E-state index in [4.69, 9.17) is 11.6 Å². The van der Waals surface area contributed by atoms with Crippen molar-refractivity contribution in [1.29, 1.82) is 0 Å². The molecule has 2 aromatic heterocycles. The number of aryl methyl sites for hydroxylation is 1. The van der Waals surface area contributed by atoms with Crippen molar-refractivity contribution in [2.45, 2.75) is 11.8 Å². The lowest BCUT2D eigenvalue weighted by Crippen LogP contribution is -2.49. The number of hydrogen-bond acceptors (Lipinski definition) is 6. The smallest absolute Gasteiger partial charge is 0.244 e. The molecule has 0 amide bonds. The van der Waals surface area contributed by atoms with Crippen molar-refractivity contribution in [3.8, 4) is 5.82 Å². The van der Waals surface area contributed by atoms with Crippen LogP contribution in [0.2, 0.25) is 5.02 Å². The monoisotopic (exact) mass is 418 g/mol. The number of benzene rings is 1. The van der Waals surface area contributed by atoms with Crippen LogP contribution in [0.15, 0.2) is 53.8 Å². The molecule has 1 aromatic carbocycles. The van der Waals surface area contributed by atoms with E-state index in [0.29, 0.717) is 32.0 Å². The molecule has 10 heteroatoms. The molecule has 4 rings (SSSR count). The van der Waals surface area contributed by atoms with Gasteiger partial charge in [-0.3, -0.25) is 0 Å². The van der Waals surface area contributed by atoms with Gasteiger partial charge in [-0.1, -0.05) is 23.7 Å². The summed E-state index contributed by atoms with van der Waals surface area (Å²) >= 11 is 6.09. The van der Waals surface area contributed by atoms with Crippen molar-refractivity contribution in [1.82, 2.24) is 24.1 Å². The highest BCUT2D eigenvalue weighted by Crippen LogP contribution is 2.26. The minimum absolute atomic E-state index is 0.142. The number of anilines is 1. The van der Waals surface area contributed by atoms with E-state index in [1.165, 1.54) is 16.7 Å². The van der Waals surface area contributed by atoms with Crippen LogP contribution in [0, 0.1) is 6.92 Å². The van der Waals surface area contributed by atoms with E-state index in [9.17, 15) is 8.42 Å². The van der Waals surface area contributed by atoms with Gasteiger partial charge in [-0.05, 0) is 25.1 Å². The third-order valence-corrected chi connectivity index (χ3v) is 7.01. The van der Waals surface area contributed by atoms with Crippen molar-refractivity contribution in [2.24, 2.45) is 0 Å². The van der Waals surface area contributed by atoms with Crippen LogP contribution in [-0.2, 0) is 10.0 Å². The second-order valence-electron chi connectivity index (χ2n) is 6.46. The normalized spacial score (nSPS) is 15.7. The van der Waals surface area contributed by atoms with Gasteiger partial charge < -0.3 is 4.90 Å². The van der Waals surface area contributed by atoms with Crippen LogP contribution in [0.25, 0.3) is 5.82 Å². The average Bonchev–Trinajstić information content (AvgIpc) is 3.15. The minimum atomic E-state index is -3.62. The first kappa shape index (κ1) is 18.9. The van der Waals surface area contributed by atoms with Crippen molar-refractivity contribution < 1.29 is 8.42 Å². The average molecular weight is 419 g/mol. The van der Waals surface area contributed by atoms with Crippen molar-refractivity contribution >= 4 is 27.4 Å². The van der Waals surface area contributed by atoms with Crippen LogP contribution in [-0.4, -0.2) is 58.7 Å². The van der Waals surface area contributed by atoms with E-state index in [1.807, 2.05) is 30.2 Å². The molecule has 0 unspecified atom stereocenters. The molecule has 0 bridgehead atoms. The van der Waals surface area contributed by atoms with Crippen LogP contribution >= 0.6 is 11.6 Å². The highest BCUT2D eigenvalue weighted by Gasteiger charge is 2.30. The zero-order valence-electron chi connectivity index (χ0n) is 15.2. The molecule has 28 heavy (non-hydrogen) atoms. The second kappa shape index (κ2) is 7.50. The SMILES string of the molecule is Cc1ccn(-c2cc(N3CCN(S(=O)(=O)c4ccccc4Cl)CC3)ncn2)n1. The third kappa shape index (κ3) is 3.60. The van der Waals surface area contributed by atoms with Crippen molar-refractivity contribution in [2.75, 3.05) is 31.1 Å². The highest BCUT2D eigenvalue weighted by atomic mass is 35.5. The number of halogens is 1. The predicted molar refractivity (Wildman–Crippen MR) is 106 cm³/mol. The molecule has 0 radical (unpaired) electrons. The third-order valence-electron chi connectivity index (χ3n) is 4.61. The Bertz CT molecular complexity index is 1090. The van der Waals surface area contributed by atoms with Gasteiger partial charge in [0, 0.05) is 38.4 Å². The molecular weight excluding hydrogens is 400 g/mol. The van der Waals surface area contributed by atoms with E-state index in [1.54, 1.807) is 22.9 Å². The molecule has 8 nitrogen and oxygen atoms in total. The molecular formula is C18H19ClN6O2S. The fraction of sp³-hybridized carbons (Fsp3) is 0.278. The number of nitrogens with zero attached hydrogens (tertiary/aromatic N) is 6. The summed E-state index contributed by atoms with van der Waals surface area (Å²) in [6.07, 6.45) is 3.34. The van der Waals surface area contributed by atoms with Gasteiger partial charge in [0.15, 0.2) is 5.82 Å². The molecule has 0 spiro atoms. The van der Waals surface area contributed by atoms with Crippen LogP contribution < -0.4 is 4.90 Å². The molecule has 0 N–H and O–H groups in total. The van der Waals surface area contributed by atoms with Crippen molar-refractivity contribution in [3.05, 3.63) is 59.6 Å². The summed E-state index contributed by atoms with van der Waals surface area (Å²) in [6, 6.07) is 10.3. The van der Waals surface area contributed by atoms with Gasteiger partial charge in [0.1, 0.15) is 17.0 Å². The molecule has 0 aliphatic carbocycles. The van der Waals surface area contributed by atoms with Gasteiger partial charge in [-0.25, -0.2) is 23.1 Å². The quantitative estimate of drug-likeness (QED) is 0.645. The molecule has 0 atom stereocenters. The number of sulfonamides is 1. The van der Waals surface area contributed by atoms with E-state index in [0.717, 1.165) is 11.5 Å².